The highest BCUT2D eigenvalue weighted by molar-refractivity contribution is 7.89. The summed E-state index contributed by atoms with van der Waals surface area (Å²) in [6.07, 6.45) is -4.04. The van der Waals surface area contributed by atoms with Crippen LogP contribution in [0.5, 0.6) is 0 Å². The number of hydrogen-bond acceptors (Lipinski definition) is 4. The largest absolute Gasteiger partial charge is 0.416 e. The van der Waals surface area contributed by atoms with Crippen LogP contribution in [0, 0.1) is 0 Å². The molecule has 3 aromatic rings. The Bertz CT molecular complexity index is 1060. The van der Waals surface area contributed by atoms with Gasteiger partial charge >= 0.3 is 6.18 Å². The maximum absolute atomic E-state index is 12.6. The highest BCUT2D eigenvalue weighted by atomic mass is 35.5. The fourth-order valence-electron chi connectivity index (χ4n) is 2.39. The Morgan fingerprint density at radius 2 is 1.82 bits per heavy atom. The fourth-order valence-corrected chi connectivity index (χ4v) is 4.58. The van der Waals surface area contributed by atoms with E-state index in [4.69, 9.17) is 11.6 Å². The van der Waals surface area contributed by atoms with Crippen LogP contribution in [0.15, 0.2) is 58.8 Å². The number of benzene rings is 2. The summed E-state index contributed by atoms with van der Waals surface area (Å²) in [5.41, 5.74) is 0.501. The van der Waals surface area contributed by atoms with Gasteiger partial charge in [-0.2, -0.15) is 13.2 Å². The van der Waals surface area contributed by atoms with Crippen LogP contribution in [0.3, 0.4) is 0 Å². The lowest BCUT2D eigenvalue weighted by Crippen LogP contribution is -2.26. The highest BCUT2D eigenvalue weighted by Crippen LogP contribution is 2.31. The van der Waals surface area contributed by atoms with E-state index in [0.717, 1.165) is 12.1 Å². The first-order valence-corrected chi connectivity index (χ1v) is 10.8. The number of aromatic nitrogens is 1. The van der Waals surface area contributed by atoms with Crippen molar-refractivity contribution in [3.8, 4) is 10.6 Å². The smallest absolute Gasteiger partial charge is 0.241 e. The van der Waals surface area contributed by atoms with E-state index in [2.05, 4.69) is 9.71 Å². The summed E-state index contributed by atoms with van der Waals surface area (Å²) < 4.78 is 64.8. The van der Waals surface area contributed by atoms with Gasteiger partial charge in [-0.3, -0.25) is 0 Å². The molecule has 0 aliphatic rings. The van der Waals surface area contributed by atoms with Crippen LogP contribution >= 0.6 is 22.9 Å². The van der Waals surface area contributed by atoms with Crippen molar-refractivity contribution < 1.29 is 21.6 Å². The molecule has 1 aromatic heterocycles. The van der Waals surface area contributed by atoms with Gasteiger partial charge in [0.2, 0.25) is 10.0 Å². The van der Waals surface area contributed by atoms with Gasteiger partial charge in [-0.05, 0) is 30.3 Å². The van der Waals surface area contributed by atoms with E-state index >= 15 is 0 Å². The Morgan fingerprint density at radius 1 is 1.11 bits per heavy atom. The summed E-state index contributed by atoms with van der Waals surface area (Å²) in [5, 5.41) is 2.64. The molecule has 0 aliphatic carbocycles. The van der Waals surface area contributed by atoms with Gasteiger partial charge in [-0.1, -0.05) is 29.8 Å². The second-order valence-corrected chi connectivity index (χ2v) is 8.89. The third-order valence-corrected chi connectivity index (χ3v) is 6.42. The zero-order valence-electron chi connectivity index (χ0n) is 14.2. The van der Waals surface area contributed by atoms with Gasteiger partial charge in [0, 0.05) is 28.9 Å². The Kier molecular flexibility index (Phi) is 6.09. The second kappa shape index (κ2) is 8.20. The molecule has 0 amide bonds. The molecule has 0 saturated heterocycles. The van der Waals surface area contributed by atoms with Gasteiger partial charge in [0.25, 0.3) is 0 Å². The van der Waals surface area contributed by atoms with E-state index in [9.17, 15) is 21.6 Å². The van der Waals surface area contributed by atoms with E-state index in [1.165, 1.54) is 35.6 Å². The summed E-state index contributed by atoms with van der Waals surface area (Å²) in [5.74, 6) is 0. The third kappa shape index (κ3) is 5.11. The van der Waals surface area contributed by atoms with Gasteiger partial charge in [-0.15, -0.1) is 11.3 Å². The van der Waals surface area contributed by atoms with Gasteiger partial charge in [0.1, 0.15) is 5.01 Å². The molecule has 1 heterocycles. The minimum atomic E-state index is -4.38. The number of alkyl halides is 3. The lowest BCUT2D eigenvalue weighted by atomic mass is 10.1. The topological polar surface area (TPSA) is 59.1 Å². The van der Waals surface area contributed by atoms with Gasteiger partial charge < -0.3 is 0 Å². The van der Waals surface area contributed by atoms with Crippen LogP contribution in [0.25, 0.3) is 10.6 Å². The van der Waals surface area contributed by atoms with E-state index in [1.54, 1.807) is 17.5 Å². The lowest BCUT2D eigenvalue weighted by molar-refractivity contribution is -0.137. The molecule has 0 spiro atoms. The molecule has 3 rings (SSSR count). The number of nitrogens with one attached hydrogen (secondary N) is 1. The maximum atomic E-state index is 12.6. The van der Waals surface area contributed by atoms with Crippen molar-refractivity contribution in [2.75, 3.05) is 6.54 Å². The fraction of sp³-hybridized carbons (Fsp3) is 0.167. The monoisotopic (exact) mass is 446 g/mol. The molecule has 0 atom stereocenters. The third-order valence-electron chi connectivity index (χ3n) is 3.79. The molecular formula is C18H14ClF3N2O2S2. The minimum absolute atomic E-state index is 0.0729. The number of rotatable bonds is 6. The van der Waals surface area contributed by atoms with Crippen LogP contribution in [0.4, 0.5) is 13.2 Å². The Hall–Kier alpha value is -1.94. The van der Waals surface area contributed by atoms with Crippen molar-refractivity contribution in [2.24, 2.45) is 0 Å². The molecule has 0 saturated carbocycles. The molecular weight excluding hydrogens is 433 g/mol. The molecule has 148 valence electrons. The van der Waals surface area contributed by atoms with Crippen molar-refractivity contribution in [3.63, 3.8) is 0 Å². The summed E-state index contributed by atoms with van der Waals surface area (Å²) in [4.78, 5) is 4.43. The lowest BCUT2D eigenvalue weighted by Gasteiger charge is -2.06. The number of nitrogens with zero attached hydrogens (tertiary/aromatic N) is 1. The normalized spacial score (nSPS) is 12.3. The van der Waals surface area contributed by atoms with Crippen molar-refractivity contribution in [2.45, 2.75) is 17.5 Å². The predicted molar refractivity (Wildman–Crippen MR) is 103 cm³/mol. The second-order valence-electron chi connectivity index (χ2n) is 5.82. The van der Waals surface area contributed by atoms with E-state index in [1.807, 2.05) is 0 Å². The molecule has 0 radical (unpaired) electrons. The average Bonchev–Trinajstić information content (AvgIpc) is 3.10. The molecule has 4 nitrogen and oxygen atoms in total. The first kappa shape index (κ1) is 20.8. The summed E-state index contributed by atoms with van der Waals surface area (Å²) >= 11 is 7.10. The Balaban J connectivity index is 1.62. The predicted octanol–water partition coefficient (Wildman–Crippen LogP) is 5.00. The van der Waals surface area contributed by atoms with E-state index in [0.29, 0.717) is 27.7 Å². The first-order valence-electron chi connectivity index (χ1n) is 8.02. The van der Waals surface area contributed by atoms with Crippen molar-refractivity contribution in [1.29, 1.82) is 0 Å². The van der Waals surface area contributed by atoms with Crippen LogP contribution in [0.2, 0.25) is 5.02 Å². The Labute approximate surface area is 169 Å². The average molecular weight is 447 g/mol. The molecule has 0 bridgehead atoms. The van der Waals surface area contributed by atoms with Crippen molar-refractivity contribution in [3.05, 3.63) is 70.2 Å². The van der Waals surface area contributed by atoms with Gasteiger partial charge in [0.15, 0.2) is 0 Å². The first-order chi connectivity index (χ1) is 13.1. The standard InChI is InChI=1S/C18H14ClF3N2O2S2/c19-14-2-1-3-16(10-14)28(25,26)23-9-8-15-11-27-17(24-15)12-4-6-13(7-5-12)18(20,21)22/h1-7,10-11,23H,8-9H2. The van der Waals surface area contributed by atoms with E-state index < -0.39 is 21.8 Å². The zero-order chi connectivity index (χ0) is 20.4. The van der Waals surface area contributed by atoms with E-state index in [-0.39, 0.29) is 11.4 Å². The van der Waals surface area contributed by atoms with Crippen LogP contribution in [-0.4, -0.2) is 19.9 Å². The molecule has 0 fully saturated rings. The SMILES string of the molecule is O=S(=O)(NCCc1csc(-c2ccc(C(F)(F)F)cc2)n1)c1cccc(Cl)c1. The number of sulfonamides is 1. The molecule has 28 heavy (non-hydrogen) atoms. The van der Waals surface area contributed by atoms with Gasteiger partial charge in [-0.25, -0.2) is 18.1 Å². The maximum Gasteiger partial charge on any atom is 0.416 e. The number of hydrogen-bond donors (Lipinski definition) is 1. The molecule has 1 N–H and O–H groups in total. The molecule has 0 unspecified atom stereocenters. The number of halogens is 4. The van der Waals surface area contributed by atoms with Crippen molar-refractivity contribution >= 4 is 33.0 Å². The molecule has 10 heteroatoms. The number of thiazole rings is 1. The van der Waals surface area contributed by atoms with Gasteiger partial charge in [0.05, 0.1) is 16.2 Å². The summed E-state index contributed by atoms with van der Waals surface area (Å²) in [7, 11) is -3.68. The summed E-state index contributed by atoms with van der Waals surface area (Å²) in [6, 6.07) is 10.7. The van der Waals surface area contributed by atoms with Crippen LogP contribution < -0.4 is 4.72 Å². The van der Waals surface area contributed by atoms with Crippen LogP contribution in [-0.2, 0) is 22.6 Å². The molecule has 2 aromatic carbocycles. The van der Waals surface area contributed by atoms with Crippen molar-refractivity contribution in [1.82, 2.24) is 9.71 Å². The highest BCUT2D eigenvalue weighted by Gasteiger charge is 2.30. The molecule has 0 aliphatic heterocycles. The Morgan fingerprint density at radius 3 is 2.46 bits per heavy atom. The summed E-state index contributed by atoms with van der Waals surface area (Å²) in [6.45, 7) is 0.130. The van der Waals surface area contributed by atoms with Crippen LogP contribution in [0.1, 0.15) is 11.3 Å². The minimum Gasteiger partial charge on any atom is -0.241 e. The quantitative estimate of drug-likeness (QED) is 0.579. The zero-order valence-corrected chi connectivity index (χ0v) is 16.6.